The van der Waals surface area contributed by atoms with Gasteiger partial charge in [-0.2, -0.15) is 0 Å². The average molecular weight is 418 g/mol. The molecule has 0 aliphatic rings. The van der Waals surface area contributed by atoms with Crippen LogP contribution < -0.4 is 0 Å². The normalized spacial score (nSPS) is 13.7. The summed E-state index contributed by atoms with van der Waals surface area (Å²) in [6, 6.07) is -0.817. The second-order valence-electron chi connectivity index (χ2n) is 7.68. The summed E-state index contributed by atoms with van der Waals surface area (Å²) in [6.45, 7) is 4.56. The number of carbonyl (C=O) groups is 2. The fourth-order valence-electron chi connectivity index (χ4n) is 3.96. The minimum absolute atomic E-state index is 0.0947. The van der Waals surface area contributed by atoms with Crippen molar-refractivity contribution >= 4 is 11.9 Å². The van der Waals surface area contributed by atoms with Crippen LogP contribution in [0.25, 0.3) is 0 Å². The van der Waals surface area contributed by atoms with Crippen molar-refractivity contribution in [1.82, 2.24) is 4.90 Å². The minimum Gasteiger partial charge on any atom is -0.481 e. The van der Waals surface area contributed by atoms with E-state index in [4.69, 9.17) is 14.6 Å². The molecule has 2 atom stereocenters. The van der Waals surface area contributed by atoms with Crippen LogP contribution in [0.1, 0.15) is 90.9 Å². The van der Waals surface area contributed by atoms with Crippen LogP contribution in [0.3, 0.4) is 0 Å². The number of carboxylic acids is 2. The van der Waals surface area contributed by atoms with E-state index in [0.29, 0.717) is 6.54 Å². The highest BCUT2D eigenvalue weighted by Crippen LogP contribution is 2.21. The molecule has 2 N–H and O–H groups in total. The molecule has 0 bridgehead atoms. The number of aliphatic carboxylic acids is 2. The monoisotopic (exact) mass is 417 g/mol. The van der Waals surface area contributed by atoms with Crippen LogP contribution in [0, 0.1) is 0 Å². The van der Waals surface area contributed by atoms with Crippen molar-refractivity contribution in [3.8, 4) is 0 Å². The van der Waals surface area contributed by atoms with Gasteiger partial charge in [-0.1, -0.05) is 58.8 Å². The molecule has 0 heterocycles. The standard InChI is InChI=1S/C22H43NO6/c1-5-14-18(23(6-2)19(22(26)27)17-20(24)25)15-12-10-8-7-9-11-13-16-21(28-3)29-4/h18-19,21H,5-17H2,1-4H3,(H,24,25)(H,26,27)/t18?,19-/m0/s1. The van der Waals surface area contributed by atoms with Crippen LogP contribution >= 0.6 is 0 Å². The molecule has 0 aromatic carbocycles. The highest BCUT2D eigenvalue weighted by Gasteiger charge is 2.31. The van der Waals surface area contributed by atoms with E-state index in [1.54, 1.807) is 14.2 Å². The summed E-state index contributed by atoms with van der Waals surface area (Å²) in [6.07, 6.45) is 11.3. The molecule has 0 aliphatic carbocycles. The summed E-state index contributed by atoms with van der Waals surface area (Å²) < 4.78 is 10.4. The number of hydrogen-bond acceptors (Lipinski definition) is 5. The molecule has 0 radical (unpaired) electrons. The second-order valence-corrected chi connectivity index (χ2v) is 7.68. The van der Waals surface area contributed by atoms with Crippen molar-refractivity contribution in [3.63, 3.8) is 0 Å². The molecule has 7 heteroatoms. The fraction of sp³-hybridized carbons (Fsp3) is 0.909. The lowest BCUT2D eigenvalue weighted by Gasteiger charge is -2.35. The van der Waals surface area contributed by atoms with E-state index >= 15 is 0 Å². The lowest BCUT2D eigenvalue weighted by Crippen LogP contribution is -2.48. The van der Waals surface area contributed by atoms with Crippen molar-refractivity contribution in [2.75, 3.05) is 20.8 Å². The maximum atomic E-state index is 11.6. The molecule has 0 saturated carbocycles. The Bertz CT molecular complexity index is 428. The lowest BCUT2D eigenvalue weighted by molar-refractivity contribution is -0.151. The SMILES string of the molecule is CCCC(CCCCCCCCCC(OC)OC)N(CC)[C@@H](CC(=O)O)C(=O)O. The first-order chi connectivity index (χ1) is 13.9. The van der Waals surface area contributed by atoms with E-state index in [-0.39, 0.29) is 18.8 Å². The zero-order chi connectivity index (χ0) is 22.1. The van der Waals surface area contributed by atoms with E-state index in [1.807, 2.05) is 11.8 Å². The Hall–Kier alpha value is -1.18. The van der Waals surface area contributed by atoms with Crippen LogP contribution in [0.2, 0.25) is 0 Å². The van der Waals surface area contributed by atoms with Gasteiger partial charge < -0.3 is 19.7 Å². The quantitative estimate of drug-likeness (QED) is 0.222. The third-order valence-corrected chi connectivity index (χ3v) is 5.51. The van der Waals surface area contributed by atoms with E-state index in [0.717, 1.165) is 44.9 Å². The Morgan fingerprint density at radius 2 is 1.34 bits per heavy atom. The Morgan fingerprint density at radius 1 is 0.828 bits per heavy atom. The Kier molecular flexibility index (Phi) is 16.9. The highest BCUT2D eigenvalue weighted by molar-refractivity contribution is 5.80. The van der Waals surface area contributed by atoms with Crippen LogP contribution in [-0.4, -0.2) is 66.2 Å². The van der Waals surface area contributed by atoms with E-state index in [2.05, 4.69) is 6.92 Å². The van der Waals surface area contributed by atoms with Crippen molar-refractivity contribution < 1.29 is 29.3 Å². The second kappa shape index (κ2) is 17.7. The summed E-state index contributed by atoms with van der Waals surface area (Å²) in [5.41, 5.74) is 0. The number of nitrogens with zero attached hydrogens (tertiary/aromatic N) is 1. The van der Waals surface area contributed by atoms with Gasteiger partial charge in [-0.3, -0.25) is 14.5 Å². The average Bonchev–Trinajstić information content (AvgIpc) is 2.68. The van der Waals surface area contributed by atoms with Gasteiger partial charge in [0.2, 0.25) is 0 Å². The molecular formula is C22H43NO6. The van der Waals surface area contributed by atoms with Gasteiger partial charge in [-0.05, 0) is 32.2 Å². The van der Waals surface area contributed by atoms with Gasteiger partial charge in [-0.15, -0.1) is 0 Å². The molecular weight excluding hydrogens is 374 g/mol. The summed E-state index contributed by atoms with van der Waals surface area (Å²) in [4.78, 5) is 24.6. The molecule has 7 nitrogen and oxygen atoms in total. The zero-order valence-corrected chi connectivity index (χ0v) is 18.9. The number of carboxylic acid groups (broad SMARTS) is 2. The lowest BCUT2D eigenvalue weighted by atomic mass is 9.98. The minimum atomic E-state index is -1.06. The molecule has 29 heavy (non-hydrogen) atoms. The summed E-state index contributed by atoms with van der Waals surface area (Å²) >= 11 is 0. The fourth-order valence-corrected chi connectivity index (χ4v) is 3.96. The van der Waals surface area contributed by atoms with Gasteiger partial charge in [0.1, 0.15) is 6.04 Å². The molecule has 1 unspecified atom stereocenters. The van der Waals surface area contributed by atoms with Gasteiger partial charge >= 0.3 is 11.9 Å². The molecule has 172 valence electrons. The molecule has 0 saturated heterocycles. The largest absolute Gasteiger partial charge is 0.481 e. The van der Waals surface area contributed by atoms with Crippen LogP contribution in [0.5, 0.6) is 0 Å². The third-order valence-electron chi connectivity index (χ3n) is 5.51. The molecule has 0 fully saturated rings. The predicted octanol–water partition coefficient (Wildman–Crippen LogP) is 4.53. The molecule has 0 rings (SSSR count). The summed E-state index contributed by atoms with van der Waals surface area (Å²) in [5.74, 6) is -2.10. The van der Waals surface area contributed by atoms with Crippen molar-refractivity contribution in [1.29, 1.82) is 0 Å². The van der Waals surface area contributed by atoms with Crippen LogP contribution in [0.4, 0.5) is 0 Å². The Morgan fingerprint density at radius 3 is 1.76 bits per heavy atom. The molecule has 0 aromatic heterocycles. The molecule has 0 aromatic rings. The number of likely N-dealkylation sites (N-methyl/N-ethyl adjacent to an activating group) is 1. The van der Waals surface area contributed by atoms with Gasteiger partial charge in [0.05, 0.1) is 6.42 Å². The van der Waals surface area contributed by atoms with E-state index < -0.39 is 18.0 Å². The van der Waals surface area contributed by atoms with Gasteiger partial charge in [0.15, 0.2) is 6.29 Å². The smallest absolute Gasteiger partial charge is 0.321 e. The number of unbranched alkanes of at least 4 members (excludes halogenated alkanes) is 6. The Labute approximate surface area is 176 Å². The van der Waals surface area contributed by atoms with Gasteiger partial charge in [-0.25, -0.2) is 0 Å². The molecule has 0 amide bonds. The zero-order valence-electron chi connectivity index (χ0n) is 18.9. The number of ether oxygens (including phenoxy) is 2. The first-order valence-corrected chi connectivity index (χ1v) is 11.2. The maximum Gasteiger partial charge on any atom is 0.321 e. The topological polar surface area (TPSA) is 96.3 Å². The number of hydrogen-bond donors (Lipinski definition) is 2. The van der Waals surface area contributed by atoms with Crippen molar-refractivity contribution in [2.24, 2.45) is 0 Å². The van der Waals surface area contributed by atoms with Crippen molar-refractivity contribution in [2.45, 2.75) is 109 Å². The van der Waals surface area contributed by atoms with Gasteiger partial charge in [0, 0.05) is 20.3 Å². The Balaban J connectivity index is 4.25. The molecule has 0 aliphatic heterocycles. The summed E-state index contributed by atoms with van der Waals surface area (Å²) in [7, 11) is 3.33. The van der Waals surface area contributed by atoms with Crippen molar-refractivity contribution in [3.05, 3.63) is 0 Å². The third kappa shape index (κ3) is 12.9. The number of rotatable bonds is 20. The van der Waals surface area contributed by atoms with E-state index in [9.17, 15) is 14.7 Å². The van der Waals surface area contributed by atoms with Crippen LogP contribution in [-0.2, 0) is 19.1 Å². The maximum absolute atomic E-state index is 11.6. The predicted molar refractivity (Wildman–Crippen MR) is 114 cm³/mol. The summed E-state index contributed by atoms with van der Waals surface area (Å²) in [5, 5.41) is 18.6. The molecule has 0 spiro atoms. The van der Waals surface area contributed by atoms with Gasteiger partial charge in [0.25, 0.3) is 0 Å². The van der Waals surface area contributed by atoms with Crippen LogP contribution in [0.15, 0.2) is 0 Å². The first kappa shape index (κ1) is 27.8. The van der Waals surface area contributed by atoms with E-state index in [1.165, 1.54) is 25.7 Å². The first-order valence-electron chi connectivity index (χ1n) is 11.2. The number of methoxy groups -OCH3 is 2. The highest BCUT2D eigenvalue weighted by atomic mass is 16.7.